The summed E-state index contributed by atoms with van der Waals surface area (Å²) in [6, 6.07) is 0.686. The van der Waals surface area contributed by atoms with E-state index < -0.39 is 0 Å². The number of likely N-dealkylation sites (tertiary alicyclic amines) is 2. The molecule has 1 atom stereocenters. The minimum atomic E-state index is 0.686. The molecule has 0 aromatic rings. The standard InChI is InChI=1S/C10H21N3/c1-12-6-9(7-12)8-13-4-2-3-10(13)5-11/h9-10H,2-8,11H2,1H3. The smallest absolute Gasteiger partial charge is 0.0219 e. The number of hydrogen-bond donors (Lipinski definition) is 1. The first-order valence-corrected chi connectivity index (χ1v) is 5.42. The van der Waals surface area contributed by atoms with Crippen LogP contribution in [0.3, 0.4) is 0 Å². The van der Waals surface area contributed by atoms with E-state index in [2.05, 4.69) is 16.8 Å². The van der Waals surface area contributed by atoms with Crippen molar-refractivity contribution in [2.45, 2.75) is 18.9 Å². The number of rotatable bonds is 3. The van der Waals surface area contributed by atoms with Crippen molar-refractivity contribution in [1.82, 2.24) is 9.80 Å². The Morgan fingerprint density at radius 3 is 2.77 bits per heavy atom. The summed E-state index contributed by atoms with van der Waals surface area (Å²) in [6.45, 7) is 5.98. The van der Waals surface area contributed by atoms with Gasteiger partial charge in [-0.2, -0.15) is 0 Å². The highest BCUT2D eigenvalue weighted by atomic mass is 15.2. The van der Waals surface area contributed by atoms with Gasteiger partial charge in [0.2, 0.25) is 0 Å². The van der Waals surface area contributed by atoms with Gasteiger partial charge in [-0.1, -0.05) is 0 Å². The molecule has 2 fully saturated rings. The third-order valence-corrected chi connectivity index (χ3v) is 3.40. The van der Waals surface area contributed by atoms with Crippen LogP contribution < -0.4 is 5.73 Å². The lowest BCUT2D eigenvalue weighted by molar-refractivity contribution is 0.0869. The Bertz CT molecular complexity index is 166. The van der Waals surface area contributed by atoms with Gasteiger partial charge >= 0.3 is 0 Å². The van der Waals surface area contributed by atoms with E-state index in [1.807, 2.05) is 0 Å². The Morgan fingerprint density at radius 1 is 1.38 bits per heavy atom. The molecule has 2 rings (SSSR count). The van der Waals surface area contributed by atoms with Crippen LogP contribution >= 0.6 is 0 Å². The lowest BCUT2D eigenvalue weighted by atomic mass is 10.0. The second-order valence-corrected chi connectivity index (χ2v) is 4.61. The molecule has 76 valence electrons. The van der Waals surface area contributed by atoms with Gasteiger partial charge in [-0.25, -0.2) is 0 Å². The molecule has 2 saturated heterocycles. The molecule has 0 saturated carbocycles. The molecule has 0 amide bonds. The van der Waals surface area contributed by atoms with Crippen LogP contribution in [-0.4, -0.2) is 55.6 Å². The topological polar surface area (TPSA) is 32.5 Å². The Kier molecular flexibility index (Phi) is 2.86. The van der Waals surface area contributed by atoms with Gasteiger partial charge in [0.05, 0.1) is 0 Å². The van der Waals surface area contributed by atoms with Crippen molar-refractivity contribution in [2.24, 2.45) is 11.7 Å². The first-order valence-electron chi connectivity index (χ1n) is 5.42. The lowest BCUT2D eigenvalue weighted by Gasteiger charge is -2.39. The zero-order chi connectivity index (χ0) is 9.26. The van der Waals surface area contributed by atoms with Crippen molar-refractivity contribution >= 4 is 0 Å². The van der Waals surface area contributed by atoms with Crippen LogP contribution in [0.2, 0.25) is 0 Å². The first-order chi connectivity index (χ1) is 6.29. The predicted octanol–water partition coefficient (Wildman–Crippen LogP) is -0.0289. The van der Waals surface area contributed by atoms with Crippen molar-refractivity contribution < 1.29 is 0 Å². The van der Waals surface area contributed by atoms with E-state index in [9.17, 15) is 0 Å². The van der Waals surface area contributed by atoms with Crippen molar-refractivity contribution in [2.75, 3.05) is 39.8 Å². The molecule has 2 N–H and O–H groups in total. The minimum Gasteiger partial charge on any atom is -0.329 e. The van der Waals surface area contributed by atoms with Crippen LogP contribution in [0.1, 0.15) is 12.8 Å². The van der Waals surface area contributed by atoms with Crippen LogP contribution in [-0.2, 0) is 0 Å². The number of hydrogen-bond acceptors (Lipinski definition) is 3. The molecule has 0 aliphatic carbocycles. The molecular formula is C10H21N3. The third-order valence-electron chi connectivity index (χ3n) is 3.40. The van der Waals surface area contributed by atoms with Crippen LogP contribution in [0.15, 0.2) is 0 Å². The predicted molar refractivity (Wildman–Crippen MR) is 54.6 cm³/mol. The molecule has 13 heavy (non-hydrogen) atoms. The highest BCUT2D eigenvalue weighted by Gasteiger charge is 2.30. The molecule has 2 heterocycles. The highest BCUT2D eigenvalue weighted by Crippen LogP contribution is 2.21. The molecular weight excluding hydrogens is 162 g/mol. The summed E-state index contributed by atoms with van der Waals surface area (Å²) in [5.41, 5.74) is 5.73. The van der Waals surface area contributed by atoms with Crippen LogP contribution in [0, 0.1) is 5.92 Å². The molecule has 2 aliphatic rings. The van der Waals surface area contributed by atoms with E-state index in [0.29, 0.717) is 6.04 Å². The Labute approximate surface area is 80.9 Å². The fraction of sp³-hybridized carbons (Fsp3) is 1.00. The Morgan fingerprint density at radius 2 is 2.15 bits per heavy atom. The van der Waals surface area contributed by atoms with Gasteiger partial charge in [0.15, 0.2) is 0 Å². The fourth-order valence-electron chi connectivity index (χ4n) is 2.68. The molecule has 1 unspecified atom stereocenters. The maximum absolute atomic E-state index is 5.73. The van der Waals surface area contributed by atoms with Gasteiger partial charge in [0.25, 0.3) is 0 Å². The fourth-order valence-corrected chi connectivity index (χ4v) is 2.68. The molecule has 2 aliphatic heterocycles. The summed E-state index contributed by atoms with van der Waals surface area (Å²) in [6.07, 6.45) is 2.67. The molecule has 0 aromatic carbocycles. The lowest BCUT2D eigenvalue weighted by Crippen LogP contribution is -2.50. The second-order valence-electron chi connectivity index (χ2n) is 4.61. The summed E-state index contributed by atoms with van der Waals surface area (Å²) in [4.78, 5) is 4.98. The maximum Gasteiger partial charge on any atom is 0.0219 e. The number of nitrogens with two attached hydrogens (primary N) is 1. The van der Waals surface area contributed by atoms with E-state index in [1.165, 1.54) is 39.0 Å². The largest absolute Gasteiger partial charge is 0.329 e. The monoisotopic (exact) mass is 183 g/mol. The maximum atomic E-state index is 5.73. The van der Waals surface area contributed by atoms with E-state index in [0.717, 1.165) is 12.5 Å². The summed E-state index contributed by atoms with van der Waals surface area (Å²) in [5.74, 6) is 0.914. The molecule has 0 radical (unpaired) electrons. The zero-order valence-corrected chi connectivity index (χ0v) is 8.58. The van der Waals surface area contributed by atoms with E-state index in [-0.39, 0.29) is 0 Å². The van der Waals surface area contributed by atoms with Gasteiger partial charge in [-0.3, -0.25) is 4.90 Å². The molecule has 3 nitrogen and oxygen atoms in total. The summed E-state index contributed by atoms with van der Waals surface area (Å²) in [7, 11) is 2.20. The molecule has 0 bridgehead atoms. The van der Waals surface area contributed by atoms with E-state index >= 15 is 0 Å². The second kappa shape index (κ2) is 3.95. The normalized spacial score (nSPS) is 32.3. The summed E-state index contributed by atoms with van der Waals surface area (Å²) < 4.78 is 0. The number of nitrogens with zero attached hydrogens (tertiary/aromatic N) is 2. The first kappa shape index (κ1) is 9.44. The average molecular weight is 183 g/mol. The van der Waals surface area contributed by atoms with Crippen molar-refractivity contribution in [3.05, 3.63) is 0 Å². The van der Waals surface area contributed by atoms with Crippen LogP contribution in [0.25, 0.3) is 0 Å². The Balaban J connectivity index is 1.74. The molecule has 3 heteroatoms. The SMILES string of the molecule is CN1CC(CN2CCCC2CN)C1. The summed E-state index contributed by atoms with van der Waals surface area (Å²) in [5, 5.41) is 0. The van der Waals surface area contributed by atoms with Crippen molar-refractivity contribution in [3.63, 3.8) is 0 Å². The van der Waals surface area contributed by atoms with E-state index in [4.69, 9.17) is 5.73 Å². The molecule has 0 spiro atoms. The van der Waals surface area contributed by atoms with Gasteiger partial charge in [-0.05, 0) is 32.4 Å². The quantitative estimate of drug-likeness (QED) is 0.667. The highest BCUT2D eigenvalue weighted by molar-refractivity contribution is 4.86. The zero-order valence-electron chi connectivity index (χ0n) is 8.58. The summed E-state index contributed by atoms with van der Waals surface area (Å²) >= 11 is 0. The van der Waals surface area contributed by atoms with Crippen LogP contribution in [0.4, 0.5) is 0 Å². The van der Waals surface area contributed by atoms with Crippen LogP contribution in [0.5, 0.6) is 0 Å². The van der Waals surface area contributed by atoms with Gasteiger partial charge in [0.1, 0.15) is 0 Å². The van der Waals surface area contributed by atoms with Gasteiger partial charge < -0.3 is 10.6 Å². The van der Waals surface area contributed by atoms with Gasteiger partial charge in [0, 0.05) is 32.2 Å². The average Bonchev–Trinajstić information content (AvgIpc) is 2.49. The third kappa shape index (κ3) is 2.03. The molecule has 0 aromatic heterocycles. The van der Waals surface area contributed by atoms with Crippen molar-refractivity contribution in [3.8, 4) is 0 Å². The van der Waals surface area contributed by atoms with Gasteiger partial charge in [-0.15, -0.1) is 0 Å². The minimum absolute atomic E-state index is 0.686. The van der Waals surface area contributed by atoms with E-state index in [1.54, 1.807) is 0 Å². The Hall–Kier alpha value is -0.120. The van der Waals surface area contributed by atoms with Crippen molar-refractivity contribution in [1.29, 1.82) is 0 Å².